The van der Waals surface area contributed by atoms with Crippen molar-refractivity contribution in [2.75, 3.05) is 32.7 Å². The lowest BCUT2D eigenvalue weighted by Crippen LogP contribution is -2.45. The second-order valence-electron chi connectivity index (χ2n) is 5.21. The summed E-state index contributed by atoms with van der Waals surface area (Å²) in [5.41, 5.74) is 0. The van der Waals surface area contributed by atoms with E-state index >= 15 is 0 Å². The topological polar surface area (TPSA) is 53.4 Å². The highest BCUT2D eigenvalue weighted by atomic mass is 16.2. The first-order valence-corrected chi connectivity index (χ1v) is 7.08. The number of nitrogens with zero attached hydrogens (tertiary/aromatic N) is 4. The maximum Gasteiger partial charge on any atom is 0.320 e. The van der Waals surface area contributed by atoms with Gasteiger partial charge >= 0.3 is 6.03 Å². The summed E-state index contributed by atoms with van der Waals surface area (Å²) in [7, 11) is 0. The highest BCUT2D eigenvalue weighted by Crippen LogP contribution is 2.18. The van der Waals surface area contributed by atoms with Gasteiger partial charge in [0.25, 0.3) is 0 Å². The van der Waals surface area contributed by atoms with E-state index in [0.29, 0.717) is 6.04 Å². The van der Waals surface area contributed by atoms with Crippen molar-refractivity contribution in [1.82, 2.24) is 24.9 Å². The predicted molar refractivity (Wildman–Crippen MR) is 71.8 cm³/mol. The van der Waals surface area contributed by atoms with Gasteiger partial charge in [-0.05, 0) is 32.0 Å². The lowest BCUT2D eigenvalue weighted by atomic mass is 10.1. The van der Waals surface area contributed by atoms with E-state index in [-0.39, 0.29) is 6.03 Å². The van der Waals surface area contributed by atoms with E-state index in [2.05, 4.69) is 15.3 Å². The van der Waals surface area contributed by atoms with Gasteiger partial charge in [0.05, 0.1) is 6.54 Å². The van der Waals surface area contributed by atoms with Gasteiger partial charge in [-0.3, -0.25) is 4.68 Å². The third-order valence-electron chi connectivity index (χ3n) is 4.03. The van der Waals surface area contributed by atoms with Crippen LogP contribution in [0, 0.1) is 0 Å². The van der Waals surface area contributed by atoms with Crippen molar-refractivity contribution >= 4 is 6.03 Å². The van der Waals surface area contributed by atoms with Crippen LogP contribution in [0.4, 0.5) is 4.79 Å². The number of hydrogen-bond acceptors (Lipinski definition) is 3. The van der Waals surface area contributed by atoms with Crippen molar-refractivity contribution < 1.29 is 4.79 Å². The lowest BCUT2D eigenvalue weighted by molar-refractivity contribution is 0.165. The lowest BCUT2D eigenvalue weighted by Gasteiger charge is -2.31. The summed E-state index contributed by atoms with van der Waals surface area (Å²) in [6.07, 6.45) is 5.87. The molecule has 2 aliphatic heterocycles. The Morgan fingerprint density at radius 2 is 2.11 bits per heavy atom. The summed E-state index contributed by atoms with van der Waals surface area (Å²) in [5, 5.41) is 7.51. The molecule has 6 heteroatoms. The second-order valence-corrected chi connectivity index (χ2v) is 5.21. The van der Waals surface area contributed by atoms with Crippen LogP contribution in [0.2, 0.25) is 0 Å². The minimum atomic E-state index is 0.207. The molecule has 3 heterocycles. The quantitative estimate of drug-likeness (QED) is 0.854. The van der Waals surface area contributed by atoms with Crippen LogP contribution in [0.15, 0.2) is 18.5 Å². The molecular weight excluding hydrogens is 242 g/mol. The average Bonchev–Trinajstić information content (AvgIpc) is 3.07. The van der Waals surface area contributed by atoms with E-state index < -0.39 is 0 Å². The Morgan fingerprint density at radius 1 is 1.26 bits per heavy atom. The van der Waals surface area contributed by atoms with Crippen molar-refractivity contribution in [2.45, 2.75) is 25.4 Å². The smallest absolute Gasteiger partial charge is 0.320 e. The Labute approximate surface area is 113 Å². The molecule has 6 nitrogen and oxygen atoms in total. The van der Waals surface area contributed by atoms with Crippen molar-refractivity contribution in [2.24, 2.45) is 0 Å². The first kappa shape index (κ1) is 12.5. The zero-order valence-corrected chi connectivity index (χ0v) is 11.2. The first-order chi connectivity index (χ1) is 9.34. The van der Waals surface area contributed by atoms with Gasteiger partial charge in [0.2, 0.25) is 0 Å². The average molecular weight is 263 g/mol. The highest BCUT2D eigenvalue weighted by Gasteiger charge is 2.33. The monoisotopic (exact) mass is 263 g/mol. The molecule has 2 amide bonds. The number of amides is 2. The second kappa shape index (κ2) is 5.61. The molecule has 1 aromatic heterocycles. The molecule has 104 valence electrons. The number of carbonyl (C=O) groups is 1. The zero-order chi connectivity index (χ0) is 13.1. The van der Waals surface area contributed by atoms with Gasteiger partial charge in [-0.15, -0.1) is 0 Å². The van der Waals surface area contributed by atoms with Gasteiger partial charge in [0.15, 0.2) is 0 Å². The number of hydrogen-bond donors (Lipinski definition) is 1. The van der Waals surface area contributed by atoms with E-state index in [1.54, 1.807) is 6.20 Å². The van der Waals surface area contributed by atoms with Crippen LogP contribution in [0.3, 0.4) is 0 Å². The normalized spacial score (nSPS) is 21.4. The Kier molecular flexibility index (Phi) is 3.68. The number of aromatic nitrogens is 2. The third-order valence-corrected chi connectivity index (χ3v) is 4.03. The molecule has 0 atom stereocenters. The molecule has 0 aliphatic carbocycles. The van der Waals surface area contributed by atoms with Gasteiger partial charge in [-0.2, -0.15) is 5.10 Å². The van der Waals surface area contributed by atoms with Gasteiger partial charge in [0.1, 0.15) is 0 Å². The molecule has 2 aliphatic rings. The number of urea groups is 1. The first-order valence-electron chi connectivity index (χ1n) is 7.08. The van der Waals surface area contributed by atoms with Gasteiger partial charge < -0.3 is 15.1 Å². The van der Waals surface area contributed by atoms with E-state index in [0.717, 1.165) is 52.1 Å². The van der Waals surface area contributed by atoms with E-state index in [1.165, 1.54) is 0 Å². The number of carbonyl (C=O) groups excluding carboxylic acids is 1. The molecule has 2 saturated heterocycles. The van der Waals surface area contributed by atoms with Gasteiger partial charge in [-0.25, -0.2) is 4.79 Å². The fourth-order valence-corrected chi connectivity index (χ4v) is 2.92. The van der Waals surface area contributed by atoms with Crippen LogP contribution in [0.5, 0.6) is 0 Å². The summed E-state index contributed by atoms with van der Waals surface area (Å²) in [4.78, 5) is 16.4. The number of piperidine rings is 1. The molecule has 2 fully saturated rings. The van der Waals surface area contributed by atoms with Crippen LogP contribution in [0.25, 0.3) is 0 Å². The summed E-state index contributed by atoms with van der Waals surface area (Å²) >= 11 is 0. The van der Waals surface area contributed by atoms with Crippen molar-refractivity contribution in [3.63, 3.8) is 0 Å². The maximum absolute atomic E-state index is 12.4. The molecule has 0 radical (unpaired) electrons. The fraction of sp³-hybridized carbons (Fsp3) is 0.692. The summed E-state index contributed by atoms with van der Waals surface area (Å²) < 4.78 is 1.88. The molecule has 1 N–H and O–H groups in total. The fourth-order valence-electron chi connectivity index (χ4n) is 2.92. The highest BCUT2D eigenvalue weighted by molar-refractivity contribution is 5.76. The van der Waals surface area contributed by atoms with Gasteiger partial charge in [0, 0.05) is 38.1 Å². The van der Waals surface area contributed by atoms with Crippen LogP contribution in [-0.2, 0) is 6.54 Å². The van der Waals surface area contributed by atoms with Crippen LogP contribution in [-0.4, -0.2) is 64.4 Å². The van der Waals surface area contributed by atoms with E-state index in [9.17, 15) is 4.79 Å². The molecule has 3 rings (SSSR count). The van der Waals surface area contributed by atoms with Crippen molar-refractivity contribution in [1.29, 1.82) is 0 Å². The Bertz CT molecular complexity index is 413. The predicted octanol–water partition coefficient (Wildman–Crippen LogP) is 0.373. The molecule has 0 unspecified atom stereocenters. The SMILES string of the molecule is O=C1N(CCn2cccn2)CCN1C1CCNCC1. The standard InChI is InChI=1S/C13H21N5O/c19-13-16(8-10-17-7-1-4-15-17)9-11-18(13)12-2-5-14-6-3-12/h1,4,7,12,14H,2-3,5-6,8-11H2. The molecule has 19 heavy (non-hydrogen) atoms. The van der Waals surface area contributed by atoms with Gasteiger partial charge in [-0.1, -0.05) is 0 Å². The Hall–Kier alpha value is -1.56. The minimum absolute atomic E-state index is 0.207. The van der Waals surface area contributed by atoms with Crippen molar-refractivity contribution in [3.8, 4) is 0 Å². The summed E-state index contributed by atoms with van der Waals surface area (Å²) in [5.74, 6) is 0. The largest absolute Gasteiger partial charge is 0.321 e. The Morgan fingerprint density at radius 3 is 2.84 bits per heavy atom. The molecular formula is C13H21N5O. The van der Waals surface area contributed by atoms with Crippen LogP contribution >= 0.6 is 0 Å². The van der Waals surface area contributed by atoms with E-state index in [1.807, 2.05) is 21.8 Å². The molecule has 0 aromatic carbocycles. The third kappa shape index (κ3) is 2.73. The van der Waals surface area contributed by atoms with Crippen LogP contribution in [0.1, 0.15) is 12.8 Å². The summed E-state index contributed by atoms with van der Waals surface area (Å²) in [6, 6.07) is 2.55. The minimum Gasteiger partial charge on any atom is -0.321 e. The van der Waals surface area contributed by atoms with Crippen molar-refractivity contribution in [3.05, 3.63) is 18.5 Å². The molecule has 0 saturated carbocycles. The Balaban J connectivity index is 1.53. The maximum atomic E-state index is 12.4. The van der Waals surface area contributed by atoms with E-state index in [4.69, 9.17) is 0 Å². The van der Waals surface area contributed by atoms with Crippen LogP contribution < -0.4 is 5.32 Å². The number of nitrogens with one attached hydrogen (secondary N) is 1. The molecule has 0 spiro atoms. The number of rotatable bonds is 4. The molecule has 1 aromatic rings. The molecule has 0 bridgehead atoms. The zero-order valence-electron chi connectivity index (χ0n) is 11.2. The summed E-state index contributed by atoms with van der Waals surface area (Å²) in [6.45, 7) is 5.32.